The van der Waals surface area contributed by atoms with Gasteiger partial charge in [0.25, 0.3) is 0 Å². The summed E-state index contributed by atoms with van der Waals surface area (Å²) in [4.78, 5) is 26.5. The number of nitrogens with one attached hydrogen (secondary N) is 1. The number of amides is 2. The van der Waals surface area contributed by atoms with E-state index in [1.54, 1.807) is 13.3 Å². The van der Waals surface area contributed by atoms with Gasteiger partial charge in [0, 0.05) is 38.1 Å². The van der Waals surface area contributed by atoms with Gasteiger partial charge in [0.05, 0.1) is 25.9 Å². The van der Waals surface area contributed by atoms with Crippen molar-refractivity contribution in [2.45, 2.75) is 13.5 Å². The molecule has 186 valence electrons. The van der Waals surface area contributed by atoms with E-state index in [1.807, 2.05) is 72.5 Å². The van der Waals surface area contributed by atoms with Crippen LogP contribution < -0.4 is 14.8 Å². The van der Waals surface area contributed by atoms with Gasteiger partial charge in [-0.05, 0) is 55.5 Å². The van der Waals surface area contributed by atoms with E-state index >= 15 is 0 Å². The Morgan fingerprint density at radius 2 is 1.78 bits per heavy atom. The van der Waals surface area contributed by atoms with Crippen molar-refractivity contribution < 1.29 is 14.3 Å². The highest BCUT2D eigenvalue weighted by Crippen LogP contribution is 2.25. The van der Waals surface area contributed by atoms with E-state index in [0.717, 1.165) is 41.5 Å². The summed E-state index contributed by atoms with van der Waals surface area (Å²) in [7, 11) is 1.60. The molecule has 0 bridgehead atoms. The van der Waals surface area contributed by atoms with E-state index in [0.29, 0.717) is 37.7 Å². The molecule has 1 saturated heterocycles. The zero-order valence-electron chi connectivity index (χ0n) is 20.6. The number of rotatable bonds is 7. The molecular formula is C27H30N6O3. The Hall–Kier alpha value is -4.11. The molecule has 3 heterocycles. The van der Waals surface area contributed by atoms with Gasteiger partial charge in [-0.25, -0.2) is 14.8 Å². The molecule has 0 unspecified atom stereocenters. The van der Waals surface area contributed by atoms with Crippen LogP contribution in [-0.4, -0.2) is 70.3 Å². The fourth-order valence-electron chi connectivity index (χ4n) is 4.45. The van der Waals surface area contributed by atoms with E-state index < -0.39 is 0 Å². The molecule has 0 radical (unpaired) electrons. The van der Waals surface area contributed by atoms with Crippen LogP contribution in [0.2, 0.25) is 0 Å². The van der Waals surface area contributed by atoms with Gasteiger partial charge in [-0.15, -0.1) is 0 Å². The summed E-state index contributed by atoms with van der Waals surface area (Å²) in [5, 5.41) is 2.97. The second-order valence-corrected chi connectivity index (χ2v) is 8.53. The minimum atomic E-state index is -0.120. The van der Waals surface area contributed by atoms with Crippen LogP contribution in [0.5, 0.6) is 11.5 Å². The number of ether oxygens (including phenoxy) is 2. The Labute approximate surface area is 210 Å². The smallest absolute Gasteiger partial charge is 0.322 e. The number of fused-ring (bicyclic) bond motifs is 1. The number of carbonyl (C=O) groups excluding carboxylic acids is 1. The highest BCUT2D eigenvalue weighted by Gasteiger charge is 2.24. The molecule has 9 heteroatoms. The van der Waals surface area contributed by atoms with Gasteiger partial charge in [0.1, 0.15) is 22.8 Å². The topological polar surface area (TPSA) is 84.8 Å². The fourth-order valence-corrected chi connectivity index (χ4v) is 4.45. The van der Waals surface area contributed by atoms with Gasteiger partial charge in [-0.2, -0.15) is 0 Å². The minimum absolute atomic E-state index is 0.120. The summed E-state index contributed by atoms with van der Waals surface area (Å²) < 4.78 is 13.1. The summed E-state index contributed by atoms with van der Waals surface area (Å²) in [6.45, 7) is 6.01. The number of urea groups is 1. The number of imidazole rings is 1. The zero-order valence-corrected chi connectivity index (χ0v) is 20.6. The minimum Gasteiger partial charge on any atom is -0.495 e. The lowest BCUT2D eigenvalue weighted by Gasteiger charge is -2.34. The summed E-state index contributed by atoms with van der Waals surface area (Å²) >= 11 is 0. The highest BCUT2D eigenvalue weighted by atomic mass is 16.5. The van der Waals surface area contributed by atoms with Gasteiger partial charge in [0.15, 0.2) is 5.65 Å². The number of hydrogen-bond acceptors (Lipinski definition) is 6. The lowest BCUT2D eigenvalue weighted by molar-refractivity contribution is 0.140. The molecule has 2 amide bonds. The van der Waals surface area contributed by atoms with E-state index in [2.05, 4.69) is 19.8 Å². The molecule has 4 aromatic rings. The molecule has 1 fully saturated rings. The summed E-state index contributed by atoms with van der Waals surface area (Å²) in [6.07, 6.45) is 1.79. The standard InChI is InChI=1S/C27H30N6O3/c1-3-36-21-12-10-20(11-13-21)33-25(29-23-8-6-14-28-26(23)33)19-31-15-17-32(18-16-31)27(34)30-22-7-4-5-9-24(22)35-2/h4-14H,3,15-19H2,1-2H3,(H,30,34). The largest absolute Gasteiger partial charge is 0.495 e. The second kappa shape index (κ2) is 10.7. The fraction of sp³-hybridized carbons (Fsp3) is 0.296. The third-order valence-corrected chi connectivity index (χ3v) is 6.26. The Bertz CT molecular complexity index is 1330. The third-order valence-electron chi connectivity index (χ3n) is 6.26. The summed E-state index contributed by atoms with van der Waals surface area (Å²) in [5.41, 5.74) is 3.34. The van der Waals surface area contributed by atoms with E-state index in [9.17, 15) is 4.79 Å². The van der Waals surface area contributed by atoms with Gasteiger partial charge in [-0.3, -0.25) is 9.47 Å². The van der Waals surface area contributed by atoms with E-state index in [-0.39, 0.29) is 6.03 Å². The van der Waals surface area contributed by atoms with E-state index in [1.165, 1.54) is 0 Å². The average Bonchev–Trinajstić information content (AvgIpc) is 3.28. The first-order chi connectivity index (χ1) is 17.7. The quantitative estimate of drug-likeness (QED) is 0.422. The molecule has 9 nitrogen and oxygen atoms in total. The van der Waals surface area contributed by atoms with Crippen LogP contribution in [-0.2, 0) is 6.54 Å². The van der Waals surface area contributed by atoms with Crippen LogP contribution >= 0.6 is 0 Å². The molecule has 5 rings (SSSR count). The normalized spacial score (nSPS) is 14.1. The predicted molar refractivity (Wildman–Crippen MR) is 139 cm³/mol. The number of benzene rings is 2. The number of nitrogens with zero attached hydrogens (tertiary/aromatic N) is 5. The van der Waals surface area contributed by atoms with E-state index in [4.69, 9.17) is 14.5 Å². The van der Waals surface area contributed by atoms with Crippen molar-refractivity contribution in [3.05, 3.63) is 72.7 Å². The highest BCUT2D eigenvalue weighted by molar-refractivity contribution is 5.91. The lowest BCUT2D eigenvalue weighted by atomic mass is 10.2. The van der Waals surface area contributed by atoms with Crippen LogP contribution in [0.15, 0.2) is 66.9 Å². The predicted octanol–water partition coefficient (Wildman–Crippen LogP) is 4.18. The Morgan fingerprint density at radius 1 is 1.00 bits per heavy atom. The first-order valence-corrected chi connectivity index (χ1v) is 12.1. The Morgan fingerprint density at radius 3 is 2.53 bits per heavy atom. The van der Waals surface area contributed by atoms with Crippen LogP contribution in [0.4, 0.5) is 10.5 Å². The van der Waals surface area contributed by atoms with Gasteiger partial charge in [-0.1, -0.05) is 12.1 Å². The summed E-state index contributed by atoms with van der Waals surface area (Å²) in [6, 6.07) is 19.2. The van der Waals surface area contributed by atoms with Crippen LogP contribution in [0.3, 0.4) is 0 Å². The number of aromatic nitrogens is 3. The molecule has 0 aliphatic carbocycles. The van der Waals surface area contributed by atoms with Crippen LogP contribution in [0, 0.1) is 0 Å². The number of hydrogen-bond donors (Lipinski definition) is 1. The molecule has 0 atom stereocenters. The molecule has 1 aliphatic rings. The Balaban J connectivity index is 1.28. The number of para-hydroxylation sites is 2. The molecule has 1 aliphatic heterocycles. The third kappa shape index (κ3) is 4.96. The first-order valence-electron chi connectivity index (χ1n) is 12.1. The van der Waals surface area contributed by atoms with Crippen molar-refractivity contribution >= 4 is 22.9 Å². The number of pyridine rings is 1. The second-order valence-electron chi connectivity index (χ2n) is 8.53. The lowest BCUT2D eigenvalue weighted by Crippen LogP contribution is -2.49. The van der Waals surface area contributed by atoms with Crippen LogP contribution in [0.1, 0.15) is 12.7 Å². The number of piperazine rings is 1. The summed E-state index contributed by atoms with van der Waals surface area (Å²) in [5.74, 6) is 2.40. The molecule has 0 spiro atoms. The van der Waals surface area contributed by atoms with Crippen molar-refractivity contribution in [1.82, 2.24) is 24.3 Å². The first kappa shape index (κ1) is 23.6. The zero-order chi connectivity index (χ0) is 24.9. The molecular weight excluding hydrogens is 456 g/mol. The maximum atomic E-state index is 12.8. The van der Waals surface area contributed by atoms with Crippen molar-refractivity contribution in [3.63, 3.8) is 0 Å². The SMILES string of the molecule is CCOc1ccc(-n2c(CN3CCN(C(=O)Nc4ccccc4OC)CC3)nc3cccnc32)cc1. The van der Waals surface area contributed by atoms with Crippen molar-refractivity contribution in [3.8, 4) is 17.2 Å². The van der Waals surface area contributed by atoms with Crippen molar-refractivity contribution in [2.75, 3.05) is 45.2 Å². The molecule has 2 aromatic carbocycles. The van der Waals surface area contributed by atoms with Gasteiger partial charge >= 0.3 is 6.03 Å². The number of carbonyl (C=O) groups is 1. The monoisotopic (exact) mass is 486 g/mol. The molecule has 36 heavy (non-hydrogen) atoms. The average molecular weight is 487 g/mol. The van der Waals surface area contributed by atoms with Crippen molar-refractivity contribution in [1.29, 1.82) is 0 Å². The van der Waals surface area contributed by atoms with Gasteiger partial charge in [0.2, 0.25) is 0 Å². The maximum absolute atomic E-state index is 12.8. The molecule has 1 N–H and O–H groups in total. The Kier molecular flexibility index (Phi) is 6.99. The molecule has 2 aromatic heterocycles. The number of anilines is 1. The van der Waals surface area contributed by atoms with Crippen LogP contribution in [0.25, 0.3) is 16.9 Å². The van der Waals surface area contributed by atoms with Crippen molar-refractivity contribution in [2.24, 2.45) is 0 Å². The number of methoxy groups -OCH3 is 1. The van der Waals surface area contributed by atoms with Gasteiger partial charge < -0.3 is 19.7 Å². The molecule has 0 saturated carbocycles. The maximum Gasteiger partial charge on any atom is 0.322 e.